The second kappa shape index (κ2) is 12.3. The normalized spacial score (nSPS) is 11.3. The van der Waals surface area contributed by atoms with E-state index in [1.165, 1.54) is 9.40 Å². The van der Waals surface area contributed by atoms with E-state index in [4.69, 9.17) is 8.83 Å². The van der Waals surface area contributed by atoms with E-state index in [-0.39, 0.29) is 0 Å². The van der Waals surface area contributed by atoms with Crippen LogP contribution >= 0.6 is 11.3 Å². The summed E-state index contributed by atoms with van der Waals surface area (Å²) >= 11 is 1.78. The van der Waals surface area contributed by atoms with E-state index in [1.54, 1.807) is 36.1 Å². The van der Waals surface area contributed by atoms with Crippen molar-refractivity contribution in [3.05, 3.63) is 170 Å². The zero-order valence-corrected chi connectivity index (χ0v) is 27.0. The largest absolute Gasteiger partial charge is 0.440 e. The average Bonchev–Trinajstić information content (AvgIpc) is 3.93. The molecule has 0 aliphatic heterocycles. The van der Waals surface area contributed by atoms with Crippen LogP contribution in [0.3, 0.4) is 0 Å². The molecule has 0 amide bonds. The van der Waals surface area contributed by atoms with Gasteiger partial charge in [-0.15, -0.1) is 11.3 Å². The van der Waals surface area contributed by atoms with Crippen LogP contribution < -0.4 is 9.80 Å². The molecule has 6 nitrogen and oxygen atoms in total. The van der Waals surface area contributed by atoms with E-state index in [1.807, 2.05) is 84.9 Å². The molecule has 5 aromatic heterocycles. The van der Waals surface area contributed by atoms with Crippen LogP contribution in [0.4, 0.5) is 34.5 Å². The summed E-state index contributed by atoms with van der Waals surface area (Å²) < 4.78 is 15.4. The van der Waals surface area contributed by atoms with Crippen LogP contribution in [0.5, 0.6) is 0 Å². The lowest BCUT2D eigenvalue weighted by atomic mass is 10.1. The maximum Gasteiger partial charge on any atom is 0.205 e. The van der Waals surface area contributed by atoms with Crippen LogP contribution in [0.15, 0.2) is 179 Å². The zero-order chi connectivity index (χ0) is 32.6. The molecule has 0 fully saturated rings. The number of aromatic nitrogens is 2. The number of pyridine rings is 2. The summed E-state index contributed by atoms with van der Waals surface area (Å²) in [4.78, 5) is 12.8. The molecule has 0 N–H and O–H groups in total. The molecule has 9 rings (SSSR count). The Morgan fingerprint density at radius 1 is 0.408 bits per heavy atom. The predicted octanol–water partition coefficient (Wildman–Crippen LogP) is 12.3. The zero-order valence-electron chi connectivity index (χ0n) is 26.2. The van der Waals surface area contributed by atoms with E-state index in [0.717, 1.165) is 67.9 Å². The van der Waals surface area contributed by atoms with Gasteiger partial charge in [0.15, 0.2) is 0 Å². The van der Waals surface area contributed by atoms with Crippen molar-refractivity contribution < 1.29 is 8.83 Å². The van der Waals surface area contributed by atoms with Crippen molar-refractivity contribution in [1.29, 1.82) is 0 Å². The molecule has 0 unspecified atom stereocenters. The van der Waals surface area contributed by atoms with E-state index in [0.29, 0.717) is 0 Å². The summed E-state index contributed by atoms with van der Waals surface area (Å²) in [7, 11) is 0. The molecule has 9 aromatic rings. The fourth-order valence-electron chi connectivity index (χ4n) is 6.24. The van der Waals surface area contributed by atoms with Gasteiger partial charge in [0.2, 0.25) is 11.8 Å². The van der Waals surface area contributed by atoms with Crippen LogP contribution in [0.1, 0.15) is 0 Å². The van der Waals surface area contributed by atoms with Crippen molar-refractivity contribution >= 4 is 66.0 Å². The minimum Gasteiger partial charge on any atom is -0.440 e. The number of anilines is 6. The number of fused-ring (bicyclic) bond motifs is 3. The third-order valence-corrected chi connectivity index (χ3v) is 9.69. The highest BCUT2D eigenvalue weighted by atomic mass is 32.1. The van der Waals surface area contributed by atoms with Crippen LogP contribution in [-0.2, 0) is 0 Å². The first-order chi connectivity index (χ1) is 24.3. The highest BCUT2D eigenvalue weighted by Gasteiger charge is 2.21. The van der Waals surface area contributed by atoms with Gasteiger partial charge in [0.05, 0.1) is 11.4 Å². The Kier molecular flexibility index (Phi) is 7.22. The number of hydrogen-bond donors (Lipinski definition) is 0. The SMILES string of the molecule is c1ccc(-c2ccc(N(c3ccncc3)c3ccc4sc5ccc(N(c6ccncc6)c6ccc(-c7ccccc7)o6)cc5c4c3)o2)cc1. The monoisotopic (exact) mass is 652 g/mol. The Hall–Kier alpha value is -6.44. The van der Waals surface area contributed by atoms with E-state index in [9.17, 15) is 0 Å². The smallest absolute Gasteiger partial charge is 0.205 e. The molecule has 0 radical (unpaired) electrons. The standard InChI is InChI=1S/C42H28N4O2S/c1-3-7-29(8-4-1)37-13-17-41(47-37)45(31-19-23-43-24-20-31)33-11-15-39-35(27-33)36-28-34(12-16-40(36)49-39)46(32-21-25-44-26-22-32)42-18-14-38(48-42)30-9-5-2-6-10-30/h1-28H. The van der Waals surface area contributed by atoms with Gasteiger partial charge in [0.1, 0.15) is 11.5 Å². The van der Waals surface area contributed by atoms with Gasteiger partial charge >= 0.3 is 0 Å². The highest BCUT2D eigenvalue weighted by molar-refractivity contribution is 7.25. The van der Waals surface area contributed by atoms with Crippen molar-refractivity contribution in [2.45, 2.75) is 0 Å². The van der Waals surface area contributed by atoms with Gasteiger partial charge in [0, 0.05) is 79.6 Å². The predicted molar refractivity (Wildman–Crippen MR) is 200 cm³/mol. The molecule has 0 aliphatic rings. The number of furan rings is 2. The lowest BCUT2D eigenvalue weighted by Crippen LogP contribution is -2.09. The maximum atomic E-state index is 6.49. The molecular formula is C42H28N4O2S. The fraction of sp³-hybridized carbons (Fsp3) is 0. The summed E-state index contributed by atoms with van der Waals surface area (Å²) in [5, 5.41) is 2.32. The number of hydrogen-bond acceptors (Lipinski definition) is 7. The summed E-state index contributed by atoms with van der Waals surface area (Å²) in [6.07, 6.45) is 7.22. The molecule has 0 saturated heterocycles. The lowest BCUT2D eigenvalue weighted by Gasteiger charge is -2.23. The molecule has 0 atom stereocenters. The van der Waals surface area contributed by atoms with Crippen LogP contribution in [-0.4, -0.2) is 9.97 Å². The molecule has 234 valence electrons. The molecule has 0 bridgehead atoms. The summed E-state index contributed by atoms with van der Waals surface area (Å²) in [5.41, 5.74) is 5.95. The molecule has 0 saturated carbocycles. The van der Waals surface area contributed by atoms with Gasteiger partial charge in [-0.1, -0.05) is 60.7 Å². The number of nitrogens with zero attached hydrogens (tertiary/aromatic N) is 4. The molecule has 7 heteroatoms. The third-order valence-electron chi connectivity index (χ3n) is 8.54. The Bertz CT molecular complexity index is 2330. The summed E-state index contributed by atoms with van der Waals surface area (Å²) in [6.45, 7) is 0. The van der Waals surface area contributed by atoms with Crippen molar-refractivity contribution in [3.63, 3.8) is 0 Å². The number of rotatable bonds is 8. The number of thiophene rings is 1. The molecule has 4 aromatic carbocycles. The van der Waals surface area contributed by atoms with Crippen molar-refractivity contribution in [2.24, 2.45) is 0 Å². The molecular weight excluding hydrogens is 625 g/mol. The Labute approximate surface area is 286 Å². The summed E-state index contributed by atoms with van der Waals surface area (Å²) in [5.74, 6) is 3.07. The topological polar surface area (TPSA) is 58.5 Å². The maximum absolute atomic E-state index is 6.49. The third kappa shape index (κ3) is 5.42. The van der Waals surface area contributed by atoms with Gasteiger partial charge in [-0.2, -0.15) is 0 Å². The van der Waals surface area contributed by atoms with Gasteiger partial charge in [-0.25, -0.2) is 0 Å². The first-order valence-electron chi connectivity index (χ1n) is 16.0. The minimum absolute atomic E-state index is 0.723. The van der Waals surface area contributed by atoms with Gasteiger partial charge < -0.3 is 8.83 Å². The lowest BCUT2D eigenvalue weighted by molar-refractivity contribution is 0.588. The second-order valence-electron chi connectivity index (χ2n) is 11.6. The first-order valence-corrected chi connectivity index (χ1v) is 16.8. The Balaban J connectivity index is 1.17. The average molecular weight is 653 g/mol. The van der Waals surface area contributed by atoms with Gasteiger partial charge in [0.25, 0.3) is 0 Å². The van der Waals surface area contributed by atoms with E-state index >= 15 is 0 Å². The van der Waals surface area contributed by atoms with Crippen LogP contribution in [0, 0.1) is 0 Å². The Morgan fingerprint density at radius 2 is 0.837 bits per heavy atom. The van der Waals surface area contributed by atoms with Crippen molar-refractivity contribution in [2.75, 3.05) is 9.80 Å². The van der Waals surface area contributed by atoms with Gasteiger partial charge in [-0.05, 0) is 72.8 Å². The quantitative estimate of drug-likeness (QED) is 0.163. The second-order valence-corrected chi connectivity index (χ2v) is 12.6. The van der Waals surface area contributed by atoms with E-state index in [2.05, 4.69) is 80.4 Å². The Morgan fingerprint density at radius 3 is 1.27 bits per heavy atom. The molecule has 0 aliphatic carbocycles. The van der Waals surface area contributed by atoms with E-state index < -0.39 is 0 Å². The first kappa shape index (κ1) is 28.8. The summed E-state index contributed by atoms with van der Waals surface area (Å²) in [6, 6.07) is 49.6. The highest BCUT2D eigenvalue weighted by Crippen LogP contribution is 2.44. The molecule has 49 heavy (non-hydrogen) atoms. The fourth-order valence-corrected chi connectivity index (χ4v) is 7.30. The number of benzene rings is 4. The van der Waals surface area contributed by atoms with Crippen LogP contribution in [0.2, 0.25) is 0 Å². The van der Waals surface area contributed by atoms with Crippen LogP contribution in [0.25, 0.3) is 42.8 Å². The minimum atomic E-state index is 0.723. The van der Waals surface area contributed by atoms with Crippen molar-refractivity contribution in [3.8, 4) is 22.6 Å². The molecule has 0 spiro atoms. The van der Waals surface area contributed by atoms with Crippen molar-refractivity contribution in [1.82, 2.24) is 9.97 Å². The molecule has 5 heterocycles. The van der Waals surface area contributed by atoms with Gasteiger partial charge in [-0.3, -0.25) is 19.8 Å².